The highest BCUT2D eigenvalue weighted by Gasteiger charge is 2.03. The minimum absolute atomic E-state index is 0.783. The smallest absolute Gasteiger partial charge is 0.132 e. The summed E-state index contributed by atoms with van der Waals surface area (Å²) >= 11 is 0. The molecule has 0 unspecified atom stereocenters. The number of allylic oxidation sites excluding steroid dienone is 3. The van der Waals surface area contributed by atoms with Gasteiger partial charge < -0.3 is 5.32 Å². The Morgan fingerprint density at radius 3 is 2.43 bits per heavy atom. The second-order valence-electron chi connectivity index (χ2n) is 2.81. The molecule has 0 radical (unpaired) electrons. The van der Waals surface area contributed by atoms with Gasteiger partial charge in [-0.05, 0) is 25.6 Å². The standard InChI is InChI=1S/C12H18N2/c1-6-8-9-11(10(3)4)12(13-5)14-7-2/h6-9H,2-3H2,1,4-5H3,(H,13,14)/b8-6-,11-9+. The van der Waals surface area contributed by atoms with E-state index < -0.39 is 0 Å². The molecule has 1 N–H and O–H groups in total. The van der Waals surface area contributed by atoms with Gasteiger partial charge in [-0.1, -0.05) is 31.4 Å². The summed E-state index contributed by atoms with van der Waals surface area (Å²) in [5, 5.41) is 2.97. The minimum Gasteiger partial charge on any atom is -0.347 e. The van der Waals surface area contributed by atoms with Crippen molar-refractivity contribution < 1.29 is 0 Å². The first-order valence-electron chi connectivity index (χ1n) is 4.50. The SMILES string of the molecule is C=CNC(=NC)/C(=C/C=C\C)C(=C)C. The van der Waals surface area contributed by atoms with Crippen molar-refractivity contribution in [3.63, 3.8) is 0 Å². The molecule has 0 aliphatic heterocycles. The van der Waals surface area contributed by atoms with E-state index in [9.17, 15) is 0 Å². The van der Waals surface area contributed by atoms with Crippen molar-refractivity contribution in [2.75, 3.05) is 7.05 Å². The van der Waals surface area contributed by atoms with Crippen molar-refractivity contribution in [1.29, 1.82) is 0 Å². The van der Waals surface area contributed by atoms with Crippen molar-refractivity contribution in [2.24, 2.45) is 4.99 Å². The molecule has 0 saturated carbocycles. The van der Waals surface area contributed by atoms with Crippen molar-refractivity contribution in [3.8, 4) is 0 Å². The first kappa shape index (κ1) is 12.4. The van der Waals surface area contributed by atoms with Crippen LogP contribution in [0.15, 0.2) is 53.7 Å². The van der Waals surface area contributed by atoms with E-state index in [4.69, 9.17) is 0 Å². The van der Waals surface area contributed by atoms with Gasteiger partial charge in [0.1, 0.15) is 5.84 Å². The normalized spacial score (nSPS) is 13.1. The zero-order valence-electron chi connectivity index (χ0n) is 9.17. The highest BCUT2D eigenvalue weighted by Crippen LogP contribution is 2.08. The van der Waals surface area contributed by atoms with Crippen LogP contribution in [0.1, 0.15) is 13.8 Å². The van der Waals surface area contributed by atoms with Gasteiger partial charge in [-0.25, -0.2) is 0 Å². The fraction of sp³-hybridized carbons (Fsp3) is 0.250. The molecular formula is C12H18N2. The summed E-state index contributed by atoms with van der Waals surface area (Å²) < 4.78 is 0. The molecule has 0 amide bonds. The van der Waals surface area contributed by atoms with Crippen LogP contribution >= 0.6 is 0 Å². The van der Waals surface area contributed by atoms with Crippen molar-refractivity contribution in [1.82, 2.24) is 5.32 Å². The van der Waals surface area contributed by atoms with E-state index in [0.29, 0.717) is 0 Å². The summed E-state index contributed by atoms with van der Waals surface area (Å²) in [5.74, 6) is 0.783. The molecule has 0 bridgehead atoms. The molecule has 0 aliphatic carbocycles. The number of nitrogens with one attached hydrogen (secondary N) is 1. The van der Waals surface area contributed by atoms with Gasteiger partial charge in [-0.15, -0.1) is 0 Å². The second-order valence-corrected chi connectivity index (χ2v) is 2.81. The Hall–Kier alpha value is -1.57. The Labute approximate surface area is 86.4 Å². The van der Waals surface area contributed by atoms with E-state index in [1.165, 1.54) is 0 Å². The first-order chi connectivity index (χ1) is 6.67. The van der Waals surface area contributed by atoms with Gasteiger partial charge in [0.05, 0.1) is 0 Å². The third-order valence-electron chi connectivity index (χ3n) is 1.63. The van der Waals surface area contributed by atoms with Crippen LogP contribution in [-0.2, 0) is 0 Å². The van der Waals surface area contributed by atoms with E-state index in [1.54, 1.807) is 13.2 Å². The van der Waals surface area contributed by atoms with Gasteiger partial charge in [0.2, 0.25) is 0 Å². The lowest BCUT2D eigenvalue weighted by Crippen LogP contribution is -2.19. The molecule has 0 fully saturated rings. The highest BCUT2D eigenvalue weighted by atomic mass is 15.0. The van der Waals surface area contributed by atoms with E-state index >= 15 is 0 Å². The van der Waals surface area contributed by atoms with Gasteiger partial charge in [0, 0.05) is 12.6 Å². The minimum atomic E-state index is 0.783. The molecule has 0 saturated heterocycles. The average molecular weight is 190 g/mol. The molecule has 0 aliphatic rings. The summed E-state index contributed by atoms with van der Waals surface area (Å²) in [6.45, 7) is 11.4. The van der Waals surface area contributed by atoms with Crippen LogP contribution in [0.25, 0.3) is 0 Å². The number of hydrogen-bond acceptors (Lipinski definition) is 1. The summed E-state index contributed by atoms with van der Waals surface area (Å²) in [7, 11) is 1.73. The molecule has 76 valence electrons. The third kappa shape index (κ3) is 3.90. The molecule has 0 heterocycles. The monoisotopic (exact) mass is 190 g/mol. The summed E-state index contributed by atoms with van der Waals surface area (Å²) in [5.41, 5.74) is 1.96. The van der Waals surface area contributed by atoms with E-state index in [2.05, 4.69) is 23.5 Å². The predicted molar refractivity (Wildman–Crippen MR) is 64.4 cm³/mol. The Morgan fingerprint density at radius 2 is 2.07 bits per heavy atom. The quantitative estimate of drug-likeness (QED) is 0.411. The molecule has 0 rings (SSSR count). The van der Waals surface area contributed by atoms with Crippen LogP contribution < -0.4 is 5.32 Å². The molecule has 14 heavy (non-hydrogen) atoms. The Balaban J connectivity index is 4.98. The lowest BCUT2D eigenvalue weighted by Gasteiger charge is -2.09. The molecule has 0 atom stereocenters. The molecule has 0 spiro atoms. The summed E-state index contributed by atoms with van der Waals surface area (Å²) in [4.78, 5) is 4.12. The van der Waals surface area contributed by atoms with E-state index in [0.717, 1.165) is 17.0 Å². The van der Waals surface area contributed by atoms with E-state index in [-0.39, 0.29) is 0 Å². The van der Waals surface area contributed by atoms with Gasteiger partial charge >= 0.3 is 0 Å². The zero-order valence-corrected chi connectivity index (χ0v) is 9.17. The van der Waals surface area contributed by atoms with Crippen molar-refractivity contribution >= 4 is 5.84 Å². The number of rotatable bonds is 4. The van der Waals surface area contributed by atoms with Gasteiger partial charge in [-0.2, -0.15) is 0 Å². The molecule has 0 aromatic carbocycles. The number of amidine groups is 1. The molecule has 2 heteroatoms. The zero-order chi connectivity index (χ0) is 11.0. The lowest BCUT2D eigenvalue weighted by atomic mass is 10.1. The third-order valence-corrected chi connectivity index (χ3v) is 1.63. The Kier molecular flexibility index (Phi) is 6.12. The fourth-order valence-electron chi connectivity index (χ4n) is 0.975. The van der Waals surface area contributed by atoms with Crippen LogP contribution in [0.5, 0.6) is 0 Å². The van der Waals surface area contributed by atoms with E-state index in [1.807, 2.05) is 32.1 Å². The molecule has 2 nitrogen and oxygen atoms in total. The highest BCUT2D eigenvalue weighted by molar-refractivity contribution is 6.02. The number of hydrogen-bond donors (Lipinski definition) is 1. The van der Waals surface area contributed by atoms with Crippen LogP contribution in [0.4, 0.5) is 0 Å². The molecule has 0 aromatic rings. The maximum absolute atomic E-state index is 4.12. The summed E-state index contributed by atoms with van der Waals surface area (Å²) in [6, 6.07) is 0. The largest absolute Gasteiger partial charge is 0.347 e. The molecule has 0 aromatic heterocycles. The van der Waals surface area contributed by atoms with Gasteiger partial charge in [-0.3, -0.25) is 4.99 Å². The predicted octanol–water partition coefficient (Wildman–Crippen LogP) is 2.83. The van der Waals surface area contributed by atoms with Crippen molar-refractivity contribution in [2.45, 2.75) is 13.8 Å². The fourth-order valence-corrected chi connectivity index (χ4v) is 0.975. The average Bonchev–Trinajstić information content (AvgIpc) is 2.16. The van der Waals surface area contributed by atoms with Crippen LogP contribution in [-0.4, -0.2) is 12.9 Å². The number of aliphatic imine (C=N–C) groups is 1. The lowest BCUT2D eigenvalue weighted by molar-refractivity contribution is 1.22. The van der Waals surface area contributed by atoms with Gasteiger partial charge in [0.15, 0.2) is 0 Å². The van der Waals surface area contributed by atoms with Crippen LogP contribution in [0.3, 0.4) is 0 Å². The van der Waals surface area contributed by atoms with Crippen LogP contribution in [0, 0.1) is 0 Å². The number of nitrogens with zero attached hydrogens (tertiary/aromatic N) is 1. The van der Waals surface area contributed by atoms with Gasteiger partial charge in [0.25, 0.3) is 0 Å². The topological polar surface area (TPSA) is 24.4 Å². The Bertz CT molecular complexity index is 293. The maximum Gasteiger partial charge on any atom is 0.132 e. The summed E-state index contributed by atoms with van der Waals surface area (Å²) in [6.07, 6.45) is 7.50. The second kappa shape index (κ2) is 6.89. The molecular weight excluding hydrogens is 172 g/mol. The van der Waals surface area contributed by atoms with Crippen molar-refractivity contribution in [3.05, 3.63) is 48.7 Å². The first-order valence-corrected chi connectivity index (χ1v) is 4.50. The van der Waals surface area contributed by atoms with Crippen LogP contribution in [0.2, 0.25) is 0 Å². The Morgan fingerprint density at radius 1 is 1.43 bits per heavy atom. The maximum atomic E-state index is 4.12.